The van der Waals surface area contributed by atoms with Crippen LogP contribution in [0.15, 0.2) is 60.9 Å². The van der Waals surface area contributed by atoms with Gasteiger partial charge in [0.2, 0.25) is 0 Å². The number of thiazole rings is 1. The maximum absolute atomic E-state index is 12.6. The van der Waals surface area contributed by atoms with Crippen molar-refractivity contribution < 1.29 is 14.3 Å². The van der Waals surface area contributed by atoms with E-state index in [-0.39, 0.29) is 12.2 Å². The summed E-state index contributed by atoms with van der Waals surface area (Å²) in [6.07, 6.45) is 3.62. The summed E-state index contributed by atoms with van der Waals surface area (Å²) in [7, 11) is 1.33. The third kappa shape index (κ3) is 4.36. The first-order valence-electron chi connectivity index (χ1n) is 9.77. The molecule has 0 amide bonds. The highest BCUT2D eigenvalue weighted by Gasteiger charge is 2.31. The van der Waals surface area contributed by atoms with Gasteiger partial charge in [0.05, 0.1) is 22.9 Å². The van der Waals surface area contributed by atoms with E-state index >= 15 is 0 Å². The second-order valence-electron chi connectivity index (χ2n) is 7.83. The van der Waals surface area contributed by atoms with Crippen molar-refractivity contribution in [2.75, 3.05) is 7.11 Å². The first-order chi connectivity index (χ1) is 14.9. The molecule has 0 N–H and O–H groups in total. The molecular weight excluding hydrogens is 410 g/mol. The monoisotopic (exact) mass is 431 g/mol. The van der Waals surface area contributed by atoms with E-state index in [9.17, 15) is 9.59 Å². The highest BCUT2D eigenvalue weighted by molar-refractivity contribution is 7.21. The molecule has 0 aliphatic rings. The van der Waals surface area contributed by atoms with Gasteiger partial charge < -0.3 is 4.74 Å². The van der Waals surface area contributed by atoms with E-state index in [0.717, 1.165) is 32.2 Å². The number of pyridine rings is 2. The van der Waals surface area contributed by atoms with Crippen LogP contribution >= 0.6 is 11.3 Å². The molecule has 0 fully saturated rings. The molecule has 0 unspecified atom stereocenters. The number of benzene rings is 1. The molecule has 3 aromatic heterocycles. The van der Waals surface area contributed by atoms with Crippen molar-refractivity contribution in [3.8, 4) is 21.8 Å². The van der Waals surface area contributed by atoms with Gasteiger partial charge in [-0.2, -0.15) is 0 Å². The summed E-state index contributed by atoms with van der Waals surface area (Å²) >= 11 is 1.58. The fourth-order valence-corrected chi connectivity index (χ4v) is 4.18. The van der Waals surface area contributed by atoms with Gasteiger partial charge in [-0.05, 0) is 38.1 Å². The Morgan fingerprint density at radius 3 is 2.39 bits per heavy atom. The fourth-order valence-electron chi connectivity index (χ4n) is 3.26. The average Bonchev–Trinajstić information content (AvgIpc) is 3.23. The summed E-state index contributed by atoms with van der Waals surface area (Å²) in [6, 6.07) is 15.1. The second-order valence-corrected chi connectivity index (χ2v) is 8.86. The van der Waals surface area contributed by atoms with E-state index in [0.29, 0.717) is 5.56 Å². The van der Waals surface area contributed by atoms with Crippen LogP contribution in [0.3, 0.4) is 0 Å². The van der Waals surface area contributed by atoms with Crippen LogP contribution in [-0.2, 0) is 9.53 Å². The third-order valence-corrected chi connectivity index (χ3v) is 6.08. The van der Waals surface area contributed by atoms with Crippen LogP contribution in [0, 0.1) is 5.41 Å². The first kappa shape index (κ1) is 20.8. The van der Waals surface area contributed by atoms with Crippen molar-refractivity contribution in [3.05, 3.63) is 66.5 Å². The number of ketones is 1. The van der Waals surface area contributed by atoms with Gasteiger partial charge in [0.15, 0.2) is 11.4 Å². The molecule has 0 atom stereocenters. The maximum atomic E-state index is 12.6. The molecule has 3 heterocycles. The number of esters is 1. The normalized spacial score (nSPS) is 11.5. The van der Waals surface area contributed by atoms with Gasteiger partial charge in [-0.25, -0.2) is 9.97 Å². The zero-order chi connectivity index (χ0) is 22.0. The average molecular weight is 432 g/mol. The highest BCUT2D eigenvalue weighted by atomic mass is 32.1. The topological polar surface area (TPSA) is 82.0 Å². The van der Waals surface area contributed by atoms with Gasteiger partial charge in [0, 0.05) is 35.5 Å². The van der Waals surface area contributed by atoms with Crippen LogP contribution in [-0.4, -0.2) is 33.8 Å². The van der Waals surface area contributed by atoms with Gasteiger partial charge >= 0.3 is 5.97 Å². The summed E-state index contributed by atoms with van der Waals surface area (Å²) in [6.45, 7) is 3.41. The Bertz CT molecular complexity index is 1210. The molecular formula is C24H21N3O3S. The Morgan fingerprint density at radius 2 is 1.74 bits per heavy atom. The molecule has 0 aliphatic heterocycles. The van der Waals surface area contributed by atoms with Crippen molar-refractivity contribution >= 4 is 33.4 Å². The highest BCUT2D eigenvalue weighted by Crippen LogP contribution is 2.30. The summed E-state index contributed by atoms with van der Waals surface area (Å²) in [4.78, 5) is 37.8. The molecule has 0 saturated carbocycles. The minimum Gasteiger partial charge on any atom is -0.469 e. The van der Waals surface area contributed by atoms with Crippen LogP contribution in [0.1, 0.15) is 30.6 Å². The van der Waals surface area contributed by atoms with E-state index in [4.69, 9.17) is 4.74 Å². The predicted octanol–water partition coefficient (Wildman–Crippen LogP) is 5.19. The molecule has 1 aromatic carbocycles. The Kier molecular flexibility index (Phi) is 5.61. The van der Waals surface area contributed by atoms with Crippen molar-refractivity contribution in [1.82, 2.24) is 15.0 Å². The number of ether oxygens (including phenoxy) is 1. The Balaban J connectivity index is 1.50. The number of aromatic nitrogens is 3. The van der Waals surface area contributed by atoms with Crippen molar-refractivity contribution in [3.63, 3.8) is 0 Å². The number of Topliss-reactive ketones (excluding diaryl/α,β-unsaturated/α-hetero) is 1. The van der Waals surface area contributed by atoms with Crippen LogP contribution in [0.4, 0.5) is 0 Å². The number of carbonyl (C=O) groups is 2. The maximum Gasteiger partial charge on any atom is 0.311 e. The van der Waals surface area contributed by atoms with Gasteiger partial charge in [-0.1, -0.05) is 24.3 Å². The quantitative estimate of drug-likeness (QED) is 0.309. The minimum atomic E-state index is -0.863. The molecule has 4 rings (SSSR count). The van der Waals surface area contributed by atoms with Crippen molar-refractivity contribution in [1.29, 1.82) is 0 Å². The van der Waals surface area contributed by atoms with Crippen LogP contribution in [0.25, 0.3) is 32.2 Å². The molecule has 0 spiro atoms. The molecule has 156 valence electrons. The Morgan fingerprint density at radius 1 is 1.00 bits per heavy atom. The fraction of sp³-hybridized carbons (Fsp3) is 0.208. The molecule has 0 radical (unpaired) electrons. The van der Waals surface area contributed by atoms with Crippen molar-refractivity contribution in [2.24, 2.45) is 5.41 Å². The molecule has 0 saturated heterocycles. The lowest BCUT2D eigenvalue weighted by molar-refractivity contribution is -0.150. The minimum absolute atomic E-state index is 0.0863. The lowest BCUT2D eigenvalue weighted by Gasteiger charge is -2.20. The number of hydrogen-bond donors (Lipinski definition) is 0. The van der Waals surface area contributed by atoms with Gasteiger partial charge in [0.25, 0.3) is 0 Å². The number of carbonyl (C=O) groups excluding carboxylic acids is 2. The smallest absolute Gasteiger partial charge is 0.311 e. The Labute approximate surface area is 184 Å². The molecule has 7 heteroatoms. The zero-order valence-corrected chi connectivity index (χ0v) is 18.3. The lowest BCUT2D eigenvalue weighted by atomic mass is 9.85. The summed E-state index contributed by atoms with van der Waals surface area (Å²) in [5.41, 5.74) is 3.07. The third-order valence-electron chi connectivity index (χ3n) is 5.02. The summed E-state index contributed by atoms with van der Waals surface area (Å²) in [5.74, 6) is -0.500. The first-order valence-corrected chi connectivity index (χ1v) is 10.6. The summed E-state index contributed by atoms with van der Waals surface area (Å²) < 4.78 is 5.82. The van der Waals surface area contributed by atoms with Crippen LogP contribution < -0.4 is 0 Å². The number of nitrogens with zero attached hydrogens (tertiary/aromatic N) is 3. The standard InChI is InChI=1S/C24H21N3O3S/c1-24(2,23(29)30-3)13-19(28)16-8-6-15(7-9-16)18-11-10-17(14-26-18)22-27-21-20(31-22)5-4-12-25-21/h4-12,14H,13H2,1-3H3. The van der Waals surface area contributed by atoms with Crippen molar-refractivity contribution in [2.45, 2.75) is 20.3 Å². The number of hydrogen-bond acceptors (Lipinski definition) is 7. The Hall–Kier alpha value is -3.45. The number of rotatable bonds is 6. The zero-order valence-electron chi connectivity index (χ0n) is 17.5. The molecule has 4 aromatic rings. The van der Waals surface area contributed by atoms with E-state index < -0.39 is 11.4 Å². The van der Waals surface area contributed by atoms with Gasteiger partial charge in [0.1, 0.15) is 5.01 Å². The second kappa shape index (κ2) is 8.35. The molecule has 0 aliphatic carbocycles. The molecule has 31 heavy (non-hydrogen) atoms. The van der Waals surface area contributed by atoms with Crippen LogP contribution in [0.2, 0.25) is 0 Å². The van der Waals surface area contributed by atoms with E-state index in [1.807, 2.05) is 36.4 Å². The van der Waals surface area contributed by atoms with E-state index in [1.54, 1.807) is 49.7 Å². The number of fused-ring (bicyclic) bond motifs is 1. The largest absolute Gasteiger partial charge is 0.469 e. The molecule has 0 bridgehead atoms. The van der Waals surface area contributed by atoms with Crippen LogP contribution in [0.5, 0.6) is 0 Å². The van der Waals surface area contributed by atoms with E-state index in [2.05, 4.69) is 15.0 Å². The van der Waals surface area contributed by atoms with E-state index in [1.165, 1.54) is 7.11 Å². The summed E-state index contributed by atoms with van der Waals surface area (Å²) in [5, 5.41) is 0.877. The SMILES string of the molecule is COC(=O)C(C)(C)CC(=O)c1ccc(-c2ccc(-c3nc4ncccc4s3)cn2)cc1. The van der Waals surface area contributed by atoms with Gasteiger partial charge in [-0.3, -0.25) is 14.6 Å². The number of methoxy groups -OCH3 is 1. The lowest BCUT2D eigenvalue weighted by Crippen LogP contribution is -2.28. The molecule has 6 nitrogen and oxygen atoms in total. The van der Waals surface area contributed by atoms with Gasteiger partial charge in [-0.15, -0.1) is 11.3 Å². The predicted molar refractivity (Wildman–Crippen MR) is 121 cm³/mol.